The van der Waals surface area contributed by atoms with Crippen molar-refractivity contribution >= 4 is 21.5 Å². The van der Waals surface area contributed by atoms with Crippen LogP contribution in [0.2, 0.25) is 0 Å². The molecule has 0 amide bonds. The van der Waals surface area contributed by atoms with Gasteiger partial charge in [-0.1, -0.05) is 0 Å². The molecule has 2 rings (SSSR count). The standard InChI is InChI=1S/C13H17NO4S/c1-7-4-10-12(5-8(7)2)19(17,18)11(6-13(15)16)9(3)14-10/h4-5,9,11,14H,6H2,1-3H3,(H,15,16). The van der Waals surface area contributed by atoms with Crippen LogP contribution in [0.5, 0.6) is 0 Å². The highest BCUT2D eigenvalue weighted by molar-refractivity contribution is 7.92. The van der Waals surface area contributed by atoms with Crippen LogP contribution in [-0.2, 0) is 14.6 Å². The molecule has 0 aromatic heterocycles. The quantitative estimate of drug-likeness (QED) is 0.863. The van der Waals surface area contributed by atoms with E-state index >= 15 is 0 Å². The molecule has 19 heavy (non-hydrogen) atoms. The number of aryl methyl sites for hydroxylation is 2. The molecule has 104 valence electrons. The Hall–Kier alpha value is -1.56. The fraction of sp³-hybridized carbons (Fsp3) is 0.462. The van der Waals surface area contributed by atoms with Crippen LogP contribution in [0.1, 0.15) is 24.5 Å². The molecule has 0 spiro atoms. The van der Waals surface area contributed by atoms with E-state index in [0.29, 0.717) is 5.69 Å². The van der Waals surface area contributed by atoms with Gasteiger partial charge in [-0.2, -0.15) is 0 Å². The zero-order valence-electron chi connectivity index (χ0n) is 11.1. The number of carboxylic acid groups (broad SMARTS) is 1. The van der Waals surface area contributed by atoms with Crippen LogP contribution in [0.25, 0.3) is 0 Å². The second-order valence-electron chi connectivity index (χ2n) is 5.05. The number of sulfone groups is 1. The largest absolute Gasteiger partial charge is 0.481 e. The first-order chi connectivity index (χ1) is 8.73. The molecule has 0 aliphatic carbocycles. The van der Waals surface area contributed by atoms with E-state index in [-0.39, 0.29) is 11.3 Å². The van der Waals surface area contributed by atoms with Gasteiger partial charge < -0.3 is 10.4 Å². The van der Waals surface area contributed by atoms with E-state index in [0.717, 1.165) is 11.1 Å². The van der Waals surface area contributed by atoms with E-state index in [1.165, 1.54) is 0 Å². The number of anilines is 1. The van der Waals surface area contributed by atoms with Crippen molar-refractivity contribution in [2.24, 2.45) is 0 Å². The van der Waals surface area contributed by atoms with Crippen molar-refractivity contribution in [2.75, 3.05) is 5.32 Å². The first-order valence-corrected chi connectivity index (χ1v) is 7.61. The molecule has 5 nitrogen and oxygen atoms in total. The topological polar surface area (TPSA) is 83.5 Å². The summed E-state index contributed by atoms with van der Waals surface area (Å²) in [5.74, 6) is -1.10. The van der Waals surface area contributed by atoms with Crippen LogP contribution < -0.4 is 5.32 Å². The monoisotopic (exact) mass is 283 g/mol. The summed E-state index contributed by atoms with van der Waals surface area (Å²) in [4.78, 5) is 11.0. The van der Waals surface area contributed by atoms with Gasteiger partial charge in [-0.25, -0.2) is 8.42 Å². The number of aliphatic carboxylic acids is 1. The molecule has 1 aliphatic rings. The lowest BCUT2D eigenvalue weighted by atomic mass is 10.1. The molecule has 0 saturated carbocycles. The molecule has 2 atom stereocenters. The Morgan fingerprint density at radius 1 is 1.32 bits per heavy atom. The van der Waals surface area contributed by atoms with E-state index in [1.54, 1.807) is 19.1 Å². The lowest BCUT2D eigenvalue weighted by Crippen LogP contribution is -2.43. The van der Waals surface area contributed by atoms with Crippen molar-refractivity contribution in [1.82, 2.24) is 0 Å². The van der Waals surface area contributed by atoms with Gasteiger partial charge in [0.05, 0.1) is 22.3 Å². The Morgan fingerprint density at radius 2 is 1.89 bits per heavy atom. The summed E-state index contributed by atoms with van der Waals surface area (Å²) in [6, 6.07) is 3.00. The van der Waals surface area contributed by atoms with Crippen molar-refractivity contribution in [2.45, 2.75) is 43.4 Å². The molecule has 0 saturated heterocycles. The molecular weight excluding hydrogens is 266 g/mol. The first kappa shape index (κ1) is 13.9. The van der Waals surface area contributed by atoms with Crippen molar-refractivity contribution < 1.29 is 18.3 Å². The highest BCUT2D eigenvalue weighted by atomic mass is 32.2. The van der Waals surface area contributed by atoms with Gasteiger partial charge in [0.2, 0.25) is 0 Å². The Balaban J connectivity index is 2.58. The van der Waals surface area contributed by atoms with Gasteiger partial charge >= 0.3 is 5.97 Å². The van der Waals surface area contributed by atoms with E-state index in [1.807, 2.05) is 13.8 Å². The number of benzene rings is 1. The van der Waals surface area contributed by atoms with E-state index in [2.05, 4.69) is 5.32 Å². The number of hydrogen-bond acceptors (Lipinski definition) is 4. The van der Waals surface area contributed by atoms with E-state index in [4.69, 9.17) is 5.11 Å². The molecule has 0 fully saturated rings. The summed E-state index contributed by atoms with van der Waals surface area (Å²) in [5, 5.41) is 11.0. The minimum atomic E-state index is -3.61. The summed E-state index contributed by atoms with van der Waals surface area (Å²) in [6.07, 6.45) is -0.386. The van der Waals surface area contributed by atoms with Crippen LogP contribution >= 0.6 is 0 Å². The van der Waals surface area contributed by atoms with Crippen LogP contribution in [0.4, 0.5) is 5.69 Å². The van der Waals surface area contributed by atoms with Crippen molar-refractivity contribution in [3.05, 3.63) is 23.3 Å². The fourth-order valence-electron chi connectivity index (χ4n) is 2.37. The first-order valence-electron chi connectivity index (χ1n) is 6.07. The summed E-state index contributed by atoms with van der Waals surface area (Å²) in [6.45, 7) is 5.45. The summed E-state index contributed by atoms with van der Waals surface area (Å²) in [5.41, 5.74) is 2.45. The van der Waals surface area contributed by atoms with Crippen LogP contribution in [0.3, 0.4) is 0 Å². The second kappa shape index (κ2) is 4.52. The van der Waals surface area contributed by atoms with Crippen LogP contribution in [0.15, 0.2) is 17.0 Å². The van der Waals surface area contributed by atoms with Crippen molar-refractivity contribution in [3.8, 4) is 0 Å². The predicted molar refractivity (Wildman–Crippen MR) is 72.2 cm³/mol. The number of carboxylic acids is 1. The molecule has 2 unspecified atom stereocenters. The molecular formula is C13H17NO4S. The molecule has 0 radical (unpaired) electrons. The molecule has 1 heterocycles. The molecule has 2 N–H and O–H groups in total. The summed E-state index contributed by atoms with van der Waals surface area (Å²) >= 11 is 0. The molecule has 6 heteroatoms. The van der Waals surface area contributed by atoms with Crippen molar-refractivity contribution in [3.63, 3.8) is 0 Å². The molecule has 1 aromatic carbocycles. The third kappa shape index (κ3) is 2.32. The number of rotatable bonds is 2. The second-order valence-corrected chi connectivity index (χ2v) is 7.18. The summed E-state index contributed by atoms with van der Waals surface area (Å²) < 4.78 is 25.0. The minimum absolute atomic E-state index is 0.208. The fourth-order valence-corrected chi connectivity index (χ4v) is 4.43. The smallest absolute Gasteiger partial charge is 0.304 e. The third-order valence-corrected chi connectivity index (χ3v) is 5.94. The number of nitrogens with one attached hydrogen (secondary N) is 1. The molecule has 0 bridgehead atoms. The summed E-state index contributed by atoms with van der Waals surface area (Å²) in [7, 11) is -3.61. The SMILES string of the molecule is Cc1cc2c(cc1C)S(=O)(=O)C(CC(=O)O)C(C)N2. The average Bonchev–Trinajstić information content (AvgIpc) is 2.28. The average molecular weight is 283 g/mol. The van der Waals surface area contributed by atoms with Gasteiger partial charge in [0.15, 0.2) is 9.84 Å². The van der Waals surface area contributed by atoms with Gasteiger partial charge in [-0.05, 0) is 44.0 Å². The van der Waals surface area contributed by atoms with Gasteiger partial charge in [-0.15, -0.1) is 0 Å². The van der Waals surface area contributed by atoms with Crippen LogP contribution in [0, 0.1) is 13.8 Å². The molecule has 1 aromatic rings. The maximum atomic E-state index is 12.5. The maximum Gasteiger partial charge on any atom is 0.304 e. The lowest BCUT2D eigenvalue weighted by molar-refractivity contribution is -0.137. The van der Waals surface area contributed by atoms with Gasteiger partial charge in [0, 0.05) is 6.04 Å². The highest BCUT2D eigenvalue weighted by Gasteiger charge is 2.40. The third-order valence-electron chi connectivity index (χ3n) is 3.62. The Morgan fingerprint density at radius 3 is 2.47 bits per heavy atom. The zero-order chi connectivity index (χ0) is 14.4. The van der Waals surface area contributed by atoms with Crippen molar-refractivity contribution in [1.29, 1.82) is 0 Å². The number of hydrogen-bond donors (Lipinski definition) is 2. The van der Waals surface area contributed by atoms with Gasteiger partial charge in [-0.3, -0.25) is 4.79 Å². The van der Waals surface area contributed by atoms with Gasteiger partial charge in [0.25, 0.3) is 0 Å². The minimum Gasteiger partial charge on any atom is -0.481 e. The number of carbonyl (C=O) groups is 1. The van der Waals surface area contributed by atoms with E-state index < -0.39 is 27.1 Å². The predicted octanol–water partition coefficient (Wildman–Crippen LogP) is 1.73. The highest BCUT2D eigenvalue weighted by Crippen LogP contribution is 2.35. The van der Waals surface area contributed by atoms with Gasteiger partial charge in [0.1, 0.15) is 0 Å². The molecule has 1 aliphatic heterocycles. The Labute approximate surface area is 112 Å². The van der Waals surface area contributed by atoms with E-state index in [9.17, 15) is 13.2 Å². The number of fused-ring (bicyclic) bond motifs is 1. The Kier molecular flexibility index (Phi) is 3.30. The zero-order valence-corrected chi connectivity index (χ0v) is 11.9. The maximum absolute atomic E-state index is 12.5. The normalized spacial score (nSPS) is 24.4. The lowest BCUT2D eigenvalue weighted by Gasteiger charge is -2.32. The van der Waals surface area contributed by atoms with Crippen LogP contribution in [-0.4, -0.2) is 30.8 Å². The Bertz CT molecular complexity index is 636.